The minimum absolute atomic E-state index is 0.000779. The Kier molecular flexibility index (Phi) is 6.44. The molecule has 1 amide bonds. The summed E-state index contributed by atoms with van der Waals surface area (Å²) in [6, 6.07) is 15.8. The van der Waals surface area contributed by atoms with Crippen LogP contribution in [0.25, 0.3) is 10.6 Å². The largest absolute Gasteiger partial charge is 0.342 e. The lowest BCUT2D eigenvalue weighted by Gasteiger charge is -2.31. The first kappa shape index (κ1) is 20.9. The molecular weight excluding hydrogens is 460 g/mol. The van der Waals surface area contributed by atoms with Gasteiger partial charge in [0.1, 0.15) is 5.01 Å². The molecule has 0 spiro atoms. The van der Waals surface area contributed by atoms with Crippen molar-refractivity contribution in [2.24, 2.45) is 5.92 Å². The fourth-order valence-electron chi connectivity index (χ4n) is 3.75. The number of carbonyl (C=O) groups excluding carboxylic acids is 2. The van der Waals surface area contributed by atoms with Crippen LogP contribution in [0.2, 0.25) is 0 Å². The van der Waals surface area contributed by atoms with E-state index in [1.807, 2.05) is 65.7 Å². The summed E-state index contributed by atoms with van der Waals surface area (Å²) in [5.74, 6) is 0.279. The number of halogens is 1. The van der Waals surface area contributed by atoms with Gasteiger partial charge in [-0.25, -0.2) is 4.98 Å². The standard InChI is InChI=1S/C24H23BrN2O2S/c1-16-5-7-17(8-6-16)23(29)18-9-11-27(12-10-18)22(28)14-21-15-30-24(26-21)19-3-2-4-20(25)13-19/h2-8,13,15,18H,9-12,14H2,1H3. The van der Waals surface area contributed by atoms with Crippen molar-refractivity contribution in [2.75, 3.05) is 13.1 Å². The number of rotatable bonds is 5. The summed E-state index contributed by atoms with van der Waals surface area (Å²) in [5.41, 5.74) is 3.77. The number of Topliss-reactive ketones (excluding diaryl/α,β-unsaturated/α-hetero) is 1. The number of aromatic nitrogens is 1. The maximum absolute atomic E-state index is 12.7. The lowest BCUT2D eigenvalue weighted by atomic mass is 9.88. The Morgan fingerprint density at radius 3 is 2.57 bits per heavy atom. The molecule has 4 rings (SSSR count). The Balaban J connectivity index is 1.32. The van der Waals surface area contributed by atoms with E-state index in [-0.39, 0.29) is 17.6 Å². The SMILES string of the molecule is Cc1ccc(C(=O)C2CCN(C(=O)Cc3csc(-c4cccc(Br)c4)n3)CC2)cc1. The number of nitrogens with zero attached hydrogens (tertiary/aromatic N) is 2. The first-order valence-corrected chi connectivity index (χ1v) is 11.8. The van der Waals surface area contributed by atoms with E-state index in [1.165, 1.54) is 0 Å². The Bertz CT molecular complexity index is 1050. The van der Waals surface area contributed by atoms with Gasteiger partial charge in [0.05, 0.1) is 12.1 Å². The maximum atomic E-state index is 12.7. The molecule has 0 aliphatic carbocycles. The van der Waals surface area contributed by atoms with Crippen LogP contribution in [0.5, 0.6) is 0 Å². The number of amides is 1. The summed E-state index contributed by atoms with van der Waals surface area (Å²) in [7, 11) is 0. The highest BCUT2D eigenvalue weighted by Gasteiger charge is 2.28. The second-order valence-corrected chi connectivity index (χ2v) is 9.49. The van der Waals surface area contributed by atoms with E-state index in [0.29, 0.717) is 19.5 Å². The Labute approximate surface area is 189 Å². The normalized spacial score (nSPS) is 14.7. The lowest BCUT2D eigenvalue weighted by Crippen LogP contribution is -2.41. The van der Waals surface area contributed by atoms with Crippen molar-refractivity contribution in [3.05, 3.63) is 75.2 Å². The molecule has 1 aromatic heterocycles. The summed E-state index contributed by atoms with van der Waals surface area (Å²) in [6.07, 6.45) is 1.75. The number of hydrogen-bond acceptors (Lipinski definition) is 4. The minimum Gasteiger partial charge on any atom is -0.342 e. The second kappa shape index (κ2) is 9.23. The zero-order valence-electron chi connectivity index (χ0n) is 16.8. The van der Waals surface area contributed by atoms with Crippen molar-refractivity contribution in [1.29, 1.82) is 0 Å². The zero-order chi connectivity index (χ0) is 21.1. The Hall–Kier alpha value is -2.31. The van der Waals surface area contributed by atoms with E-state index in [2.05, 4.69) is 20.9 Å². The van der Waals surface area contributed by atoms with Crippen molar-refractivity contribution in [1.82, 2.24) is 9.88 Å². The summed E-state index contributed by atoms with van der Waals surface area (Å²) in [4.78, 5) is 32.0. The number of likely N-dealkylation sites (tertiary alicyclic amines) is 1. The highest BCUT2D eigenvalue weighted by Crippen LogP contribution is 2.27. The molecule has 0 atom stereocenters. The van der Waals surface area contributed by atoms with Gasteiger partial charge in [-0.1, -0.05) is 57.9 Å². The number of thiazole rings is 1. The predicted molar refractivity (Wildman–Crippen MR) is 124 cm³/mol. The molecule has 0 radical (unpaired) electrons. The van der Waals surface area contributed by atoms with Crippen molar-refractivity contribution in [3.63, 3.8) is 0 Å². The van der Waals surface area contributed by atoms with E-state index < -0.39 is 0 Å². The van der Waals surface area contributed by atoms with Gasteiger partial charge < -0.3 is 4.90 Å². The zero-order valence-corrected chi connectivity index (χ0v) is 19.2. The molecule has 1 aliphatic heterocycles. The number of hydrogen-bond donors (Lipinski definition) is 0. The quantitative estimate of drug-likeness (QED) is 0.448. The van der Waals surface area contributed by atoms with Crippen LogP contribution in [-0.2, 0) is 11.2 Å². The summed E-state index contributed by atoms with van der Waals surface area (Å²) in [5, 5.41) is 2.88. The molecule has 0 N–H and O–H groups in total. The molecule has 0 unspecified atom stereocenters. The number of carbonyl (C=O) groups is 2. The van der Waals surface area contributed by atoms with Gasteiger partial charge >= 0.3 is 0 Å². The molecule has 2 aromatic carbocycles. The molecular formula is C24H23BrN2O2S. The third-order valence-electron chi connectivity index (χ3n) is 5.51. The minimum atomic E-state index is -0.000779. The van der Waals surface area contributed by atoms with E-state index in [0.717, 1.165) is 44.7 Å². The molecule has 1 saturated heterocycles. The van der Waals surface area contributed by atoms with E-state index in [9.17, 15) is 9.59 Å². The highest BCUT2D eigenvalue weighted by molar-refractivity contribution is 9.10. The molecule has 2 heterocycles. The lowest BCUT2D eigenvalue weighted by molar-refractivity contribution is -0.131. The van der Waals surface area contributed by atoms with Gasteiger partial charge in [-0.15, -0.1) is 11.3 Å². The van der Waals surface area contributed by atoms with Crippen LogP contribution in [0.15, 0.2) is 58.4 Å². The van der Waals surface area contributed by atoms with Crippen molar-refractivity contribution >= 4 is 39.0 Å². The average Bonchev–Trinajstić information content (AvgIpc) is 3.22. The average molecular weight is 483 g/mol. The Morgan fingerprint density at radius 1 is 1.13 bits per heavy atom. The van der Waals surface area contributed by atoms with Crippen LogP contribution in [0.3, 0.4) is 0 Å². The first-order valence-electron chi connectivity index (χ1n) is 10.1. The van der Waals surface area contributed by atoms with E-state index in [1.54, 1.807) is 11.3 Å². The number of ketones is 1. The fraction of sp³-hybridized carbons (Fsp3) is 0.292. The van der Waals surface area contributed by atoms with Crippen molar-refractivity contribution in [3.8, 4) is 10.6 Å². The molecule has 1 fully saturated rings. The monoisotopic (exact) mass is 482 g/mol. The topological polar surface area (TPSA) is 50.3 Å². The van der Waals surface area contributed by atoms with Crippen molar-refractivity contribution in [2.45, 2.75) is 26.2 Å². The fourth-order valence-corrected chi connectivity index (χ4v) is 4.97. The molecule has 3 aromatic rings. The predicted octanol–water partition coefficient (Wildman–Crippen LogP) is 5.55. The molecule has 1 aliphatic rings. The second-order valence-electron chi connectivity index (χ2n) is 7.72. The summed E-state index contributed by atoms with van der Waals surface area (Å²) >= 11 is 5.04. The molecule has 0 saturated carbocycles. The van der Waals surface area contributed by atoms with Gasteiger partial charge in [-0.05, 0) is 31.9 Å². The van der Waals surface area contributed by atoms with Gasteiger partial charge in [-0.2, -0.15) is 0 Å². The number of benzene rings is 2. The third kappa shape index (κ3) is 4.87. The molecule has 0 bridgehead atoms. The Morgan fingerprint density at radius 2 is 1.87 bits per heavy atom. The van der Waals surface area contributed by atoms with Gasteiger partial charge in [-0.3, -0.25) is 9.59 Å². The molecule has 6 heteroatoms. The number of aryl methyl sites for hydroxylation is 1. The van der Waals surface area contributed by atoms with Crippen LogP contribution < -0.4 is 0 Å². The maximum Gasteiger partial charge on any atom is 0.228 e. The van der Waals surface area contributed by atoms with Crippen LogP contribution in [-0.4, -0.2) is 34.7 Å². The van der Waals surface area contributed by atoms with Crippen molar-refractivity contribution < 1.29 is 9.59 Å². The first-order chi connectivity index (χ1) is 14.5. The van der Waals surface area contributed by atoms with E-state index >= 15 is 0 Å². The van der Waals surface area contributed by atoms with Gasteiger partial charge in [0.15, 0.2) is 5.78 Å². The summed E-state index contributed by atoms with van der Waals surface area (Å²) in [6.45, 7) is 3.27. The van der Waals surface area contributed by atoms with Crippen LogP contribution in [0.1, 0.15) is 34.5 Å². The third-order valence-corrected chi connectivity index (χ3v) is 6.94. The van der Waals surface area contributed by atoms with E-state index in [4.69, 9.17) is 0 Å². The van der Waals surface area contributed by atoms with Gasteiger partial charge in [0.2, 0.25) is 5.91 Å². The smallest absolute Gasteiger partial charge is 0.228 e. The summed E-state index contributed by atoms with van der Waals surface area (Å²) < 4.78 is 1.01. The molecule has 154 valence electrons. The van der Waals surface area contributed by atoms with Gasteiger partial charge in [0.25, 0.3) is 0 Å². The highest BCUT2D eigenvalue weighted by atomic mass is 79.9. The molecule has 4 nitrogen and oxygen atoms in total. The number of piperidine rings is 1. The van der Waals surface area contributed by atoms with Crippen LogP contribution in [0, 0.1) is 12.8 Å². The van der Waals surface area contributed by atoms with Crippen LogP contribution in [0.4, 0.5) is 0 Å². The van der Waals surface area contributed by atoms with Gasteiger partial charge in [0, 0.05) is 40.0 Å². The van der Waals surface area contributed by atoms with Crippen LogP contribution >= 0.6 is 27.3 Å². The molecule has 30 heavy (non-hydrogen) atoms.